The number of nitrogens with one attached hydrogen (secondary N) is 2. The van der Waals surface area contributed by atoms with Gasteiger partial charge in [0.05, 0.1) is 373 Å². The molecule has 0 atom stereocenters. The Morgan fingerprint density at radius 1 is 0.319 bits per heavy atom. The van der Waals surface area contributed by atoms with E-state index in [1.807, 2.05) is 60.0 Å². The van der Waals surface area contributed by atoms with Crippen LogP contribution in [0.1, 0.15) is 101 Å². The normalized spacial score (nSPS) is 14.5. The molecule has 4 aliphatic heterocycles. The van der Waals surface area contributed by atoms with Crippen molar-refractivity contribution in [3.8, 4) is 11.5 Å². The quantitative estimate of drug-likeness (QED) is 0.0415. The standard InChI is InChI=1S/C50H79N5O17.C49H77N5O18/c1-41-4-5-45(60-3)36-43(41)40-55-46(57)37-50(48(55)59)7-10-54(11-8-50)49-52-38-44(39-53-49)47(58)51-9-13-62-15-17-64-19-21-66-23-25-68-27-29-70-31-33-72-35-34-71-32-30-69-28-26-67-24-22-65-20-18-63-16-14-61-12-6-42(2)56;1-40-3-4-43(60-2)35-41(40)39-54-44(55)36-49(47(54)59)6-9-53(10-7-49)48-51-37-42(38-52-48)46(58)50-8-12-62-14-16-64-18-20-66-22-24-68-26-28-70-30-32-72-34-33-71-31-29-69-27-25-67-23-21-65-19-17-63-15-13-61-11-5-45(56)57/h4-5,36,38-39H,6-35,37,40H2,1-3H3,(H,51,58);3-4,35,37-38H,5-34,36,39H2,1-2H3,(H,50,58)(H,56,57). The Labute approximate surface area is 844 Å². The molecule has 0 unspecified atom stereocenters. The number of ketones is 1. The number of ether oxygens (including phenoxy) is 26. The van der Waals surface area contributed by atoms with Crippen LogP contribution in [0, 0.1) is 24.7 Å². The summed E-state index contributed by atoms with van der Waals surface area (Å²) in [6.45, 7) is 29.6. The summed E-state index contributed by atoms with van der Waals surface area (Å²) in [5.74, 6) is 0.370. The van der Waals surface area contributed by atoms with E-state index in [4.69, 9.17) is 128 Å². The summed E-state index contributed by atoms with van der Waals surface area (Å²) in [5.41, 5.74) is 2.96. The third kappa shape index (κ3) is 52.2. The second-order valence-electron chi connectivity index (χ2n) is 33.4. The molecule has 4 fully saturated rings. The van der Waals surface area contributed by atoms with Gasteiger partial charge in [-0.3, -0.25) is 48.2 Å². The monoisotopic (exact) mass is 2050 g/mol. The van der Waals surface area contributed by atoms with Crippen molar-refractivity contribution in [1.29, 1.82) is 0 Å². The van der Waals surface area contributed by atoms with Crippen LogP contribution in [0.5, 0.6) is 11.5 Å². The zero-order chi connectivity index (χ0) is 103. The van der Waals surface area contributed by atoms with E-state index in [1.165, 1.54) is 34.6 Å². The van der Waals surface area contributed by atoms with E-state index < -0.39 is 16.8 Å². The molecule has 4 saturated heterocycles. The number of carboxylic acids is 1. The maximum atomic E-state index is 13.6. The molecule has 2 aromatic heterocycles. The van der Waals surface area contributed by atoms with E-state index in [9.17, 15) is 38.4 Å². The van der Waals surface area contributed by atoms with Gasteiger partial charge >= 0.3 is 5.97 Å². The molecule has 0 bridgehead atoms. The summed E-state index contributed by atoms with van der Waals surface area (Å²) in [4.78, 5) is 124. The maximum Gasteiger partial charge on any atom is 0.305 e. The number of aliphatic carboxylic acids is 1. The first-order valence-electron chi connectivity index (χ1n) is 49.7. The minimum atomic E-state index is -0.883. The second kappa shape index (κ2) is 77.6. The number of carboxylic acid groups (broad SMARTS) is 1. The van der Waals surface area contributed by atoms with Crippen molar-refractivity contribution in [3.63, 3.8) is 0 Å². The number of anilines is 2. The number of Topliss-reactive ketones (excluding diaryl/α,β-unsaturated/α-hetero) is 1. The number of amides is 6. The fraction of sp³-hybridized carbons (Fsp3) is 0.717. The molecule has 6 amide bonds. The van der Waals surface area contributed by atoms with Crippen molar-refractivity contribution >= 4 is 59.1 Å². The SMILES string of the molecule is COc1ccc(C)c(CN2C(=O)CC3(CCN(c4ncc(C(=O)NCCOCCOCCOCCOCCOCCOCCOCCOCCOCCOCCOCCOCCC(=O)O)cn4)CC3)C2=O)c1.COc1ccc(C)c(CN2C(=O)CC3(CCN(c4ncc(C(=O)NCCOCCOCCOCCOCCOCCOCCOCCOCCOCCOCCOCCOCCC(C)=O)cn4)CC3)C2=O)c1. The van der Waals surface area contributed by atoms with Crippen molar-refractivity contribution in [3.05, 3.63) is 94.6 Å². The Bertz CT molecular complexity index is 3870. The molecule has 6 heterocycles. The van der Waals surface area contributed by atoms with E-state index in [1.54, 1.807) is 21.1 Å². The van der Waals surface area contributed by atoms with Crippen LogP contribution >= 0.6 is 0 Å². The van der Waals surface area contributed by atoms with Gasteiger partial charge in [0.25, 0.3) is 11.8 Å². The third-order valence-electron chi connectivity index (χ3n) is 22.9. The van der Waals surface area contributed by atoms with Crippen LogP contribution in [-0.4, -0.2) is 453 Å². The summed E-state index contributed by atoms with van der Waals surface area (Å²) >= 11 is 0. The smallest absolute Gasteiger partial charge is 0.305 e. The summed E-state index contributed by atoms with van der Waals surface area (Å²) in [6.07, 6.45) is 8.81. The predicted molar refractivity (Wildman–Crippen MR) is 520 cm³/mol. The lowest BCUT2D eigenvalue weighted by atomic mass is 9.77. The first-order chi connectivity index (χ1) is 70.4. The Balaban J connectivity index is 0.000000391. The number of rotatable bonds is 88. The van der Waals surface area contributed by atoms with Gasteiger partial charge in [-0.25, -0.2) is 19.9 Å². The van der Waals surface area contributed by atoms with E-state index in [0.29, 0.717) is 416 Å². The number of nitrogens with zero attached hydrogens (tertiary/aromatic N) is 8. The number of methoxy groups -OCH3 is 2. The average molecular weight is 2050 g/mol. The Kier molecular flexibility index (Phi) is 65.8. The molecule has 45 heteroatoms. The molecular formula is C99H156N10O35. The van der Waals surface area contributed by atoms with Crippen molar-refractivity contribution < 1.29 is 167 Å². The largest absolute Gasteiger partial charge is 0.497 e. The lowest BCUT2D eigenvalue weighted by molar-refractivity contribution is -0.144. The van der Waals surface area contributed by atoms with Gasteiger partial charge in [-0.15, -0.1) is 0 Å². The first-order valence-corrected chi connectivity index (χ1v) is 49.7. The number of imide groups is 2. The molecule has 2 aromatic carbocycles. The summed E-state index contributed by atoms with van der Waals surface area (Å²) in [7, 11) is 3.18. The number of aryl methyl sites for hydroxylation is 2. The lowest BCUT2D eigenvalue weighted by Crippen LogP contribution is -2.45. The number of carbonyl (C=O) groups is 8. The number of aromatic nitrogens is 4. The van der Waals surface area contributed by atoms with E-state index in [-0.39, 0.29) is 80.2 Å². The second-order valence-corrected chi connectivity index (χ2v) is 33.4. The Morgan fingerprint density at radius 2 is 0.535 bits per heavy atom. The third-order valence-corrected chi connectivity index (χ3v) is 22.9. The van der Waals surface area contributed by atoms with Crippen LogP contribution in [0.25, 0.3) is 0 Å². The first kappa shape index (κ1) is 122. The van der Waals surface area contributed by atoms with Crippen molar-refractivity contribution in [2.45, 2.75) is 85.2 Å². The van der Waals surface area contributed by atoms with Crippen molar-refractivity contribution in [2.24, 2.45) is 10.8 Å². The van der Waals surface area contributed by atoms with Gasteiger partial charge in [0.15, 0.2) is 0 Å². The topological polar surface area (TPSA) is 485 Å². The zero-order valence-corrected chi connectivity index (χ0v) is 84.9. The number of hydrogen-bond donors (Lipinski definition) is 3. The van der Waals surface area contributed by atoms with Gasteiger partial charge in [0, 0.05) is 83.3 Å². The van der Waals surface area contributed by atoms with Crippen LogP contribution < -0.4 is 29.9 Å². The van der Waals surface area contributed by atoms with Crippen LogP contribution in [0.15, 0.2) is 61.2 Å². The molecule has 4 aliphatic rings. The molecular weight excluding hydrogens is 1890 g/mol. The minimum absolute atomic E-state index is 0.0134. The van der Waals surface area contributed by atoms with Gasteiger partial charge in [-0.05, 0) is 93.0 Å². The highest BCUT2D eigenvalue weighted by Gasteiger charge is 2.54. The molecule has 144 heavy (non-hydrogen) atoms. The van der Waals surface area contributed by atoms with Gasteiger partial charge in [-0.2, -0.15) is 0 Å². The number of piperidine rings is 2. The molecule has 812 valence electrons. The van der Waals surface area contributed by atoms with Crippen molar-refractivity contribution in [1.82, 2.24) is 40.4 Å². The number of hydrogen-bond acceptors (Lipinski definition) is 40. The van der Waals surface area contributed by atoms with Gasteiger partial charge < -0.3 is 149 Å². The van der Waals surface area contributed by atoms with E-state index in [2.05, 4.69) is 30.6 Å². The van der Waals surface area contributed by atoms with Gasteiger partial charge in [-0.1, -0.05) is 12.1 Å². The van der Waals surface area contributed by atoms with Crippen LogP contribution in [0.4, 0.5) is 11.9 Å². The van der Waals surface area contributed by atoms with Crippen LogP contribution in [0.3, 0.4) is 0 Å². The highest BCUT2D eigenvalue weighted by molar-refractivity contribution is 6.07. The average Bonchev–Trinajstić information content (AvgIpc) is 1.61. The van der Waals surface area contributed by atoms with Crippen LogP contribution in [-0.2, 0) is 156 Å². The molecule has 0 saturated carbocycles. The number of benzene rings is 2. The van der Waals surface area contributed by atoms with Gasteiger partial charge in [0.2, 0.25) is 35.5 Å². The predicted octanol–water partition coefficient (Wildman–Crippen LogP) is 3.99. The highest BCUT2D eigenvalue weighted by atomic mass is 16.6. The summed E-state index contributed by atoms with van der Waals surface area (Å²) < 4.78 is 142. The molecule has 0 aliphatic carbocycles. The van der Waals surface area contributed by atoms with E-state index in [0.717, 1.165) is 22.3 Å². The zero-order valence-electron chi connectivity index (χ0n) is 84.9. The Hall–Kier alpha value is -8.80. The molecule has 8 rings (SSSR count). The molecule has 2 spiro atoms. The van der Waals surface area contributed by atoms with Crippen LogP contribution in [0.2, 0.25) is 0 Å². The lowest BCUT2D eigenvalue weighted by Gasteiger charge is -2.37. The molecule has 0 radical (unpaired) electrons. The van der Waals surface area contributed by atoms with Gasteiger partial charge in [0.1, 0.15) is 17.3 Å². The maximum absolute atomic E-state index is 13.6. The fourth-order valence-electron chi connectivity index (χ4n) is 14.6. The molecule has 4 aromatic rings. The minimum Gasteiger partial charge on any atom is -0.497 e. The number of carbonyl (C=O) groups excluding carboxylic acids is 7. The van der Waals surface area contributed by atoms with Crippen molar-refractivity contribution in [2.75, 3.05) is 380 Å². The Morgan fingerprint density at radius 3 is 0.750 bits per heavy atom. The molecule has 45 nitrogen and oxygen atoms in total. The number of likely N-dealkylation sites (tertiary alicyclic amines) is 2. The highest BCUT2D eigenvalue weighted by Crippen LogP contribution is 2.45. The van der Waals surface area contributed by atoms with E-state index >= 15 is 0 Å². The summed E-state index contributed by atoms with van der Waals surface area (Å²) in [6, 6.07) is 11.3. The summed E-state index contributed by atoms with van der Waals surface area (Å²) in [5, 5.41) is 14.1. The molecule has 3 N–H and O–H groups in total. The fourth-order valence-corrected chi connectivity index (χ4v) is 14.6.